The Kier molecular flexibility index (Phi) is 8.47. The minimum absolute atomic E-state index is 0.0548. The van der Waals surface area contributed by atoms with Crippen LogP contribution in [0.15, 0.2) is 83.8 Å². The number of ketones is 1. The number of rotatable bonds is 9. The molecule has 0 bridgehead atoms. The highest BCUT2D eigenvalue weighted by Gasteiger charge is 2.30. The van der Waals surface area contributed by atoms with E-state index < -0.39 is 20.8 Å². The molecule has 10 nitrogen and oxygen atoms in total. The van der Waals surface area contributed by atoms with E-state index in [1.54, 1.807) is 30.3 Å². The Labute approximate surface area is 224 Å². The quantitative estimate of drug-likeness (QED) is 0.172. The highest BCUT2D eigenvalue weighted by atomic mass is 32.2. The van der Waals surface area contributed by atoms with Crippen molar-refractivity contribution in [2.45, 2.75) is 4.90 Å². The number of hydrogen-bond donors (Lipinski definition) is 0. The highest BCUT2D eigenvalue weighted by Crippen LogP contribution is 2.21. The Morgan fingerprint density at radius 1 is 0.949 bits per heavy atom. The topological polar surface area (TPSA) is 127 Å². The molecule has 3 aromatic rings. The van der Waals surface area contributed by atoms with E-state index in [9.17, 15) is 32.5 Å². The second kappa shape index (κ2) is 12.0. The summed E-state index contributed by atoms with van der Waals surface area (Å²) >= 11 is 0. The number of non-ortho nitro benzene ring substituents is 1. The molecule has 0 saturated carbocycles. The number of carbonyl (C=O) groups is 2. The normalized spacial score (nSPS) is 14.3. The van der Waals surface area contributed by atoms with Crippen LogP contribution in [0.5, 0.6) is 5.75 Å². The number of sulfonamides is 1. The van der Waals surface area contributed by atoms with Gasteiger partial charge >= 0.3 is 0 Å². The van der Waals surface area contributed by atoms with Gasteiger partial charge in [-0.05, 0) is 54.6 Å². The second-order valence-corrected chi connectivity index (χ2v) is 10.5. The van der Waals surface area contributed by atoms with E-state index in [1.165, 1.54) is 51.7 Å². The summed E-state index contributed by atoms with van der Waals surface area (Å²) in [5, 5.41) is 10.8. The van der Waals surface area contributed by atoms with Crippen molar-refractivity contribution in [3.05, 3.63) is 106 Å². The molecule has 4 rings (SSSR count). The molecule has 1 aliphatic heterocycles. The number of hydrogen-bond acceptors (Lipinski definition) is 7. The summed E-state index contributed by atoms with van der Waals surface area (Å²) in [6.45, 7) is 0.201. The fourth-order valence-electron chi connectivity index (χ4n) is 3.89. The third-order valence-corrected chi connectivity index (χ3v) is 8.01. The monoisotopic (exact) mass is 553 g/mol. The fraction of sp³-hybridized carbons (Fsp3) is 0.185. The van der Waals surface area contributed by atoms with Crippen molar-refractivity contribution < 1.29 is 32.1 Å². The zero-order valence-electron chi connectivity index (χ0n) is 20.6. The van der Waals surface area contributed by atoms with Crippen LogP contribution in [-0.4, -0.2) is 67.0 Å². The third-order valence-electron chi connectivity index (χ3n) is 6.10. The average Bonchev–Trinajstić information content (AvgIpc) is 2.95. The molecule has 1 fully saturated rings. The van der Waals surface area contributed by atoms with E-state index in [2.05, 4.69) is 0 Å². The van der Waals surface area contributed by atoms with E-state index in [1.807, 2.05) is 0 Å². The molecule has 202 valence electrons. The van der Waals surface area contributed by atoms with Gasteiger partial charge in [0.1, 0.15) is 11.6 Å². The van der Waals surface area contributed by atoms with Gasteiger partial charge in [0.15, 0.2) is 12.4 Å². The number of nitrogens with zero attached hydrogens (tertiary/aromatic N) is 3. The van der Waals surface area contributed by atoms with Crippen molar-refractivity contribution in [3.63, 3.8) is 0 Å². The molecule has 1 heterocycles. The molecule has 0 unspecified atom stereocenters. The number of carbonyl (C=O) groups excluding carboxylic acids is 2. The van der Waals surface area contributed by atoms with Gasteiger partial charge in [-0.2, -0.15) is 4.31 Å². The first kappa shape index (κ1) is 27.6. The van der Waals surface area contributed by atoms with Gasteiger partial charge in [-0.15, -0.1) is 0 Å². The van der Waals surface area contributed by atoms with Crippen molar-refractivity contribution in [2.24, 2.45) is 0 Å². The molecule has 1 aliphatic rings. The van der Waals surface area contributed by atoms with Gasteiger partial charge in [0.25, 0.3) is 11.6 Å². The molecule has 0 radical (unpaired) electrons. The van der Waals surface area contributed by atoms with Crippen LogP contribution in [-0.2, 0) is 14.8 Å². The zero-order valence-corrected chi connectivity index (χ0v) is 21.4. The van der Waals surface area contributed by atoms with Crippen molar-refractivity contribution >= 4 is 33.5 Å². The lowest BCUT2D eigenvalue weighted by Crippen LogP contribution is -2.51. The summed E-state index contributed by atoms with van der Waals surface area (Å²) in [5.74, 6) is -0.697. The molecule has 1 saturated heterocycles. The summed E-state index contributed by atoms with van der Waals surface area (Å²) in [6.07, 6.45) is 2.68. The summed E-state index contributed by atoms with van der Waals surface area (Å²) < 4.78 is 46.2. The lowest BCUT2D eigenvalue weighted by molar-refractivity contribution is -0.384. The van der Waals surface area contributed by atoms with Crippen LogP contribution >= 0.6 is 0 Å². The van der Waals surface area contributed by atoms with Gasteiger partial charge in [-0.3, -0.25) is 19.7 Å². The first-order valence-corrected chi connectivity index (χ1v) is 13.3. The van der Waals surface area contributed by atoms with E-state index in [-0.39, 0.29) is 55.1 Å². The predicted octanol–water partition coefficient (Wildman–Crippen LogP) is 3.54. The van der Waals surface area contributed by atoms with Crippen LogP contribution in [0.4, 0.5) is 10.1 Å². The molecule has 0 aromatic heterocycles. The second-order valence-electron chi connectivity index (χ2n) is 8.57. The molecule has 12 heteroatoms. The van der Waals surface area contributed by atoms with Crippen LogP contribution in [0.2, 0.25) is 0 Å². The van der Waals surface area contributed by atoms with Crippen LogP contribution in [0.3, 0.4) is 0 Å². The molecule has 0 aliphatic carbocycles. The Hall–Kier alpha value is -4.42. The number of piperazine rings is 1. The SMILES string of the molecule is O=C(C=Cc1ccccc1F)c1ccc(OCC(=O)N2CCN(S(=O)(=O)c3ccc([N+](=O)[O-])cc3)CC2)cc1. The van der Waals surface area contributed by atoms with Crippen LogP contribution in [0.1, 0.15) is 15.9 Å². The molecule has 39 heavy (non-hydrogen) atoms. The maximum atomic E-state index is 13.7. The summed E-state index contributed by atoms with van der Waals surface area (Å²) in [4.78, 5) is 36.6. The molecule has 0 spiro atoms. The maximum absolute atomic E-state index is 13.7. The standard InChI is InChI=1S/C27H24FN3O7S/c28-25-4-2-1-3-20(25)7-14-26(32)21-5-10-23(11-6-21)38-19-27(33)29-15-17-30(18-16-29)39(36,37)24-12-8-22(9-13-24)31(34)35/h1-14H,15-19H2. The lowest BCUT2D eigenvalue weighted by Gasteiger charge is -2.33. The number of ether oxygens (including phenoxy) is 1. The molecule has 0 N–H and O–H groups in total. The lowest BCUT2D eigenvalue weighted by atomic mass is 10.1. The van der Waals surface area contributed by atoms with E-state index >= 15 is 0 Å². The smallest absolute Gasteiger partial charge is 0.269 e. The van der Waals surface area contributed by atoms with Gasteiger partial charge < -0.3 is 9.64 Å². The van der Waals surface area contributed by atoms with Crippen LogP contribution < -0.4 is 4.74 Å². The Morgan fingerprint density at radius 2 is 1.59 bits per heavy atom. The largest absolute Gasteiger partial charge is 0.484 e. The first-order valence-electron chi connectivity index (χ1n) is 11.9. The fourth-order valence-corrected chi connectivity index (χ4v) is 5.31. The third kappa shape index (κ3) is 6.72. The molecular weight excluding hydrogens is 529 g/mol. The minimum atomic E-state index is -3.85. The number of halogens is 1. The van der Waals surface area contributed by atoms with Crippen molar-refractivity contribution in [1.29, 1.82) is 0 Å². The predicted molar refractivity (Wildman–Crippen MR) is 140 cm³/mol. The maximum Gasteiger partial charge on any atom is 0.269 e. The van der Waals surface area contributed by atoms with Gasteiger partial charge in [0.2, 0.25) is 10.0 Å². The zero-order chi connectivity index (χ0) is 28.0. The van der Waals surface area contributed by atoms with Gasteiger partial charge in [0.05, 0.1) is 9.82 Å². The van der Waals surface area contributed by atoms with Crippen LogP contribution in [0, 0.1) is 15.9 Å². The number of nitro benzene ring substituents is 1. The molecule has 3 aromatic carbocycles. The summed E-state index contributed by atoms with van der Waals surface area (Å²) in [7, 11) is -3.85. The Bertz CT molecular complexity index is 1500. The van der Waals surface area contributed by atoms with Gasteiger partial charge in [-0.1, -0.05) is 18.2 Å². The van der Waals surface area contributed by atoms with Crippen molar-refractivity contribution in [1.82, 2.24) is 9.21 Å². The average molecular weight is 554 g/mol. The molecular formula is C27H24FN3O7S. The summed E-state index contributed by atoms with van der Waals surface area (Å²) in [5.41, 5.74) is 0.461. The van der Waals surface area contributed by atoms with E-state index in [0.717, 1.165) is 12.1 Å². The van der Waals surface area contributed by atoms with Gasteiger partial charge in [0, 0.05) is 49.4 Å². The molecule has 1 amide bonds. The van der Waals surface area contributed by atoms with Crippen molar-refractivity contribution in [3.8, 4) is 5.75 Å². The Balaban J connectivity index is 1.26. The molecule has 0 atom stereocenters. The number of amides is 1. The minimum Gasteiger partial charge on any atom is -0.484 e. The van der Waals surface area contributed by atoms with Gasteiger partial charge in [-0.25, -0.2) is 12.8 Å². The highest BCUT2D eigenvalue weighted by molar-refractivity contribution is 7.89. The number of nitro groups is 1. The van der Waals surface area contributed by atoms with Crippen molar-refractivity contribution in [2.75, 3.05) is 32.8 Å². The van der Waals surface area contributed by atoms with Crippen LogP contribution in [0.25, 0.3) is 6.08 Å². The van der Waals surface area contributed by atoms with E-state index in [4.69, 9.17) is 4.74 Å². The number of benzene rings is 3. The summed E-state index contributed by atoms with van der Waals surface area (Å²) in [6, 6.07) is 16.9. The van der Waals surface area contributed by atoms with E-state index in [0.29, 0.717) is 16.9 Å². The Morgan fingerprint density at radius 3 is 2.21 bits per heavy atom. The first-order chi connectivity index (χ1) is 18.6. The number of allylic oxidation sites excluding steroid dienone is 1.